The molecule has 0 atom stereocenters. The predicted octanol–water partition coefficient (Wildman–Crippen LogP) is 0.430. The van der Waals surface area contributed by atoms with Crippen LogP contribution in [0.1, 0.15) is 21.7 Å². The fraction of sp³-hybridized carbons (Fsp3) is 0.250. The van der Waals surface area contributed by atoms with E-state index in [9.17, 15) is 13.2 Å². The summed E-state index contributed by atoms with van der Waals surface area (Å²) in [5, 5.41) is 12.4. The predicted molar refractivity (Wildman–Crippen MR) is 72.0 cm³/mol. The van der Waals surface area contributed by atoms with E-state index in [0.29, 0.717) is 17.8 Å². The average Bonchev–Trinajstić information content (AvgIpc) is 2.91. The lowest BCUT2D eigenvalue weighted by atomic mass is 10.1. The van der Waals surface area contributed by atoms with Crippen molar-refractivity contribution in [1.82, 2.24) is 14.9 Å². The quantitative estimate of drug-likeness (QED) is 0.760. The van der Waals surface area contributed by atoms with Crippen molar-refractivity contribution in [3.8, 4) is 0 Å². The van der Waals surface area contributed by atoms with E-state index in [-0.39, 0.29) is 17.9 Å². The van der Waals surface area contributed by atoms with Crippen molar-refractivity contribution in [1.29, 1.82) is 0 Å². The summed E-state index contributed by atoms with van der Waals surface area (Å²) in [4.78, 5) is 14.6. The fourth-order valence-corrected chi connectivity index (χ4v) is 2.82. The third-order valence-corrected chi connectivity index (χ3v) is 3.97. The Morgan fingerprint density at radius 1 is 1.38 bits per heavy atom. The minimum Gasteiger partial charge on any atom is -0.478 e. The second-order valence-electron chi connectivity index (χ2n) is 4.26. The number of hydrogen-bond acceptors (Lipinski definition) is 6. The van der Waals surface area contributed by atoms with Gasteiger partial charge in [0.1, 0.15) is 0 Å². The fourth-order valence-electron chi connectivity index (χ4n) is 1.69. The number of carboxylic acids is 1. The Balaban J connectivity index is 1.94. The Labute approximate surface area is 120 Å². The van der Waals surface area contributed by atoms with Crippen LogP contribution in [0.3, 0.4) is 0 Å². The number of aromatic nitrogens is 2. The first-order chi connectivity index (χ1) is 9.96. The van der Waals surface area contributed by atoms with E-state index >= 15 is 0 Å². The minimum atomic E-state index is -3.56. The molecule has 0 aliphatic heterocycles. The average molecular weight is 311 g/mol. The number of nitrogens with one attached hydrogen (secondary N) is 1. The summed E-state index contributed by atoms with van der Waals surface area (Å²) in [5.74, 6) is -0.981. The lowest BCUT2D eigenvalue weighted by molar-refractivity contribution is 0.0696. The molecule has 0 radical (unpaired) electrons. The van der Waals surface area contributed by atoms with E-state index in [0.717, 1.165) is 0 Å². The number of carboxylic acid groups (broad SMARTS) is 1. The van der Waals surface area contributed by atoms with Gasteiger partial charge in [-0.1, -0.05) is 17.3 Å². The molecular weight excluding hydrogens is 298 g/mol. The highest BCUT2D eigenvalue weighted by Gasteiger charge is 2.13. The number of aromatic carboxylic acids is 1. The number of carbonyl (C=O) groups is 1. The van der Waals surface area contributed by atoms with Crippen LogP contribution in [0.2, 0.25) is 0 Å². The first-order valence-electron chi connectivity index (χ1n) is 6.01. The molecule has 21 heavy (non-hydrogen) atoms. The maximum Gasteiger partial charge on any atom is 0.335 e. The van der Waals surface area contributed by atoms with Gasteiger partial charge in [-0.15, -0.1) is 0 Å². The summed E-state index contributed by atoms with van der Waals surface area (Å²) in [7, 11) is -3.56. The highest BCUT2D eigenvalue weighted by atomic mass is 32.2. The van der Waals surface area contributed by atoms with Gasteiger partial charge < -0.3 is 9.63 Å². The second-order valence-corrected chi connectivity index (χ2v) is 6.06. The van der Waals surface area contributed by atoms with Crippen LogP contribution in [0.25, 0.3) is 0 Å². The molecule has 0 unspecified atom stereocenters. The molecular formula is C12H13N3O5S. The smallest absolute Gasteiger partial charge is 0.335 e. The van der Waals surface area contributed by atoms with E-state index in [1.54, 1.807) is 6.07 Å². The van der Waals surface area contributed by atoms with E-state index in [4.69, 9.17) is 5.11 Å². The van der Waals surface area contributed by atoms with Gasteiger partial charge in [-0.25, -0.2) is 17.9 Å². The van der Waals surface area contributed by atoms with Crippen molar-refractivity contribution in [2.75, 3.05) is 6.54 Å². The van der Waals surface area contributed by atoms with Crippen molar-refractivity contribution in [2.45, 2.75) is 12.2 Å². The van der Waals surface area contributed by atoms with Crippen LogP contribution in [0.4, 0.5) is 0 Å². The van der Waals surface area contributed by atoms with Crippen LogP contribution in [-0.2, 0) is 22.2 Å². The van der Waals surface area contributed by atoms with Crippen molar-refractivity contribution in [3.63, 3.8) is 0 Å². The van der Waals surface area contributed by atoms with Gasteiger partial charge in [-0.3, -0.25) is 0 Å². The molecule has 1 aromatic heterocycles. The van der Waals surface area contributed by atoms with Gasteiger partial charge in [0.05, 0.1) is 11.3 Å². The zero-order valence-electron chi connectivity index (χ0n) is 10.9. The molecule has 0 spiro atoms. The minimum absolute atomic E-state index is 0.0505. The number of nitrogens with zero attached hydrogens (tertiary/aromatic N) is 2. The molecule has 0 saturated carbocycles. The van der Waals surface area contributed by atoms with E-state index < -0.39 is 16.0 Å². The van der Waals surface area contributed by atoms with Crippen LogP contribution in [0.5, 0.6) is 0 Å². The van der Waals surface area contributed by atoms with Crippen LogP contribution in [0, 0.1) is 0 Å². The molecule has 8 nitrogen and oxygen atoms in total. The van der Waals surface area contributed by atoms with Crippen LogP contribution in [0.15, 0.2) is 35.2 Å². The Bertz CT molecular complexity index is 712. The summed E-state index contributed by atoms with van der Waals surface area (Å²) in [6.07, 6.45) is 1.48. The first-order valence-corrected chi connectivity index (χ1v) is 7.66. The summed E-state index contributed by atoms with van der Waals surface area (Å²) in [6.45, 7) is 0.139. The molecule has 0 bridgehead atoms. The zero-order chi connectivity index (χ0) is 15.3. The Hall–Kier alpha value is -2.26. The molecule has 0 aliphatic carbocycles. The van der Waals surface area contributed by atoms with Crippen LogP contribution < -0.4 is 4.72 Å². The lowest BCUT2D eigenvalue weighted by Gasteiger charge is -2.06. The summed E-state index contributed by atoms with van der Waals surface area (Å²) < 4.78 is 30.7. The Morgan fingerprint density at radius 3 is 2.86 bits per heavy atom. The number of sulfonamides is 1. The second kappa shape index (κ2) is 6.46. The molecule has 2 N–H and O–H groups in total. The molecule has 0 fully saturated rings. The zero-order valence-corrected chi connectivity index (χ0v) is 11.7. The molecule has 2 rings (SSSR count). The van der Waals surface area contributed by atoms with Crippen LogP contribution >= 0.6 is 0 Å². The summed E-state index contributed by atoms with van der Waals surface area (Å²) in [6, 6.07) is 5.81. The van der Waals surface area contributed by atoms with Gasteiger partial charge in [-0.05, 0) is 17.7 Å². The summed E-state index contributed by atoms with van der Waals surface area (Å²) >= 11 is 0. The topological polar surface area (TPSA) is 122 Å². The largest absolute Gasteiger partial charge is 0.478 e. The standard InChI is InChI=1S/C12H13N3O5S/c16-12(17)10-3-1-2-9(6-10)7-21(18,19)14-5-4-11-13-8-20-15-11/h1-3,6,8,14H,4-5,7H2,(H,16,17). The van der Waals surface area contributed by atoms with E-state index in [1.807, 2.05) is 0 Å². The van der Waals surface area contributed by atoms with Gasteiger partial charge in [-0.2, -0.15) is 4.98 Å². The number of hydrogen-bond donors (Lipinski definition) is 2. The number of benzene rings is 1. The third kappa shape index (κ3) is 4.65. The maximum absolute atomic E-state index is 11.9. The lowest BCUT2D eigenvalue weighted by Crippen LogP contribution is -2.27. The SMILES string of the molecule is O=C(O)c1cccc(CS(=O)(=O)NCCc2ncon2)c1. The van der Waals surface area contributed by atoms with Gasteiger partial charge in [0.15, 0.2) is 5.82 Å². The molecule has 0 amide bonds. The molecule has 1 heterocycles. The van der Waals surface area contributed by atoms with Gasteiger partial charge in [0.25, 0.3) is 0 Å². The van der Waals surface area contributed by atoms with Gasteiger partial charge in [0.2, 0.25) is 16.4 Å². The van der Waals surface area contributed by atoms with Crippen molar-refractivity contribution in [3.05, 3.63) is 47.6 Å². The van der Waals surface area contributed by atoms with Gasteiger partial charge >= 0.3 is 5.97 Å². The van der Waals surface area contributed by atoms with Crippen molar-refractivity contribution < 1.29 is 22.8 Å². The van der Waals surface area contributed by atoms with Crippen LogP contribution in [-0.4, -0.2) is 36.2 Å². The summed E-state index contributed by atoms with van der Waals surface area (Å²) in [5.41, 5.74) is 0.455. The van der Waals surface area contributed by atoms with Crippen molar-refractivity contribution in [2.24, 2.45) is 0 Å². The highest BCUT2D eigenvalue weighted by Crippen LogP contribution is 2.08. The molecule has 0 aliphatic rings. The molecule has 9 heteroatoms. The molecule has 112 valence electrons. The third-order valence-electron chi connectivity index (χ3n) is 2.61. The van der Waals surface area contributed by atoms with E-state index in [2.05, 4.69) is 19.4 Å². The van der Waals surface area contributed by atoms with E-state index in [1.165, 1.54) is 24.6 Å². The monoisotopic (exact) mass is 311 g/mol. The van der Waals surface area contributed by atoms with Crippen molar-refractivity contribution >= 4 is 16.0 Å². The normalized spacial score (nSPS) is 11.4. The molecule has 2 aromatic rings. The first kappa shape index (κ1) is 15.1. The molecule has 1 aromatic carbocycles. The highest BCUT2D eigenvalue weighted by molar-refractivity contribution is 7.88. The molecule has 0 saturated heterocycles. The Kier molecular flexibility index (Phi) is 4.66. The number of rotatable bonds is 7. The Morgan fingerprint density at radius 2 is 2.19 bits per heavy atom. The maximum atomic E-state index is 11.9. The van der Waals surface area contributed by atoms with Gasteiger partial charge in [0, 0.05) is 13.0 Å².